The first kappa shape index (κ1) is 32.9. The number of hydrogen-bond acceptors (Lipinski definition) is 6. The zero-order chi connectivity index (χ0) is 30.3. The molecule has 1 aromatic rings. The van der Waals surface area contributed by atoms with Gasteiger partial charge in [-0.3, -0.25) is 0 Å². The summed E-state index contributed by atoms with van der Waals surface area (Å²) in [7, 11) is 0. The summed E-state index contributed by atoms with van der Waals surface area (Å²) in [6.45, 7) is 17.2. The second-order valence-corrected chi connectivity index (χ2v) is 13.8. The Hall–Kier alpha value is -2.57. The van der Waals surface area contributed by atoms with Crippen molar-refractivity contribution in [1.82, 2.24) is 0 Å². The fraction of sp³-hybridized carbons (Fsp3) is 0.629. The van der Waals surface area contributed by atoms with E-state index in [9.17, 15) is 9.90 Å². The molecule has 2 N–H and O–H groups in total. The first-order valence-corrected chi connectivity index (χ1v) is 15.2. The van der Waals surface area contributed by atoms with E-state index in [0.717, 1.165) is 43.4 Å². The van der Waals surface area contributed by atoms with Crippen LogP contribution in [-0.2, 0) is 14.3 Å². The van der Waals surface area contributed by atoms with E-state index in [4.69, 9.17) is 19.3 Å². The molecule has 0 spiro atoms. The fourth-order valence-corrected chi connectivity index (χ4v) is 5.82. The van der Waals surface area contributed by atoms with Crippen LogP contribution in [0.5, 0.6) is 5.75 Å². The highest BCUT2D eigenvalue weighted by Crippen LogP contribution is 2.54. The highest BCUT2D eigenvalue weighted by molar-refractivity contribution is 6.17. The molecule has 41 heavy (non-hydrogen) atoms. The molecule has 0 fully saturated rings. The van der Waals surface area contributed by atoms with E-state index < -0.39 is 12.2 Å². The lowest BCUT2D eigenvalue weighted by molar-refractivity contribution is -0.141. The number of allylic oxidation sites excluding steroid dienone is 1. The van der Waals surface area contributed by atoms with Crippen molar-refractivity contribution in [2.24, 2.45) is 22.2 Å². The number of rotatable bonds is 14. The first-order chi connectivity index (χ1) is 19.2. The predicted molar refractivity (Wildman–Crippen MR) is 164 cm³/mol. The third-order valence-corrected chi connectivity index (χ3v) is 9.22. The van der Waals surface area contributed by atoms with Crippen LogP contribution in [0.25, 0.3) is 5.57 Å². The van der Waals surface area contributed by atoms with Crippen LogP contribution in [-0.4, -0.2) is 48.2 Å². The normalized spacial score (nSPS) is 20.1. The van der Waals surface area contributed by atoms with Crippen molar-refractivity contribution < 1.29 is 29.2 Å². The highest BCUT2D eigenvalue weighted by Gasteiger charge is 2.45. The quantitative estimate of drug-likeness (QED) is 0.182. The SMILES string of the molecule is CC(C)(C)C(C)(CCCC(O)COC1=CC2OC(=O)C(c3ccc(OCCCCCO)cc3)=CC2C=C1)C(C)(C)C. The number of hydrogen-bond donors (Lipinski definition) is 2. The van der Waals surface area contributed by atoms with Crippen LogP contribution >= 0.6 is 0 Å². The van der Waals surface area contributed by atoms with Crippen molar-refractivity contribution in [3.05, 3.63) is 59.9 Å². The Bertz CT molecular complexity index is 1070. The van der Waals surface area contributed by atoms with E-state index in [1.165, 1.54) is 0 Å². The lowest BCUT2D eigenvalue weighted by Gasteiger charge is -2.52. The number of esters is 1. The van der Waals surface area contributed by atoms with E-state index in [0.29, 0.717) is 24.4 Å². The molecule has 0 amide bonds. The average molecular weight is 569 g/mol. The van der Waals surface area contributed by atoms with Gasteiger partial charge in [-0.2, -0.15) is 0 Å². The maximum absolute atomic E-state index is 12.8. The molecule has 1 heterocycles. The monoisotopic (exact) mass is 568 g/mol. The van der Waals surface area contributed by atoms with Gasteiger partial charge in [0, 0.05) is 12.5 Å². The van der Waals surface area contributed by atoms with Gasteiger partial charge in [0.2, 0.25) is 0 Å². The number of ether oxygens (including phenoxy) is 3. The van der Waals surface area contributed by atoms with E-state index >= 15 is 0 Å². The maximum atomic E-state index is 12.8. The van der Waals surface area contributed by atoms with E-state index in [1.807, 2.05) is 48.6 Å². The molecule has 6 nitrogen and oxygen atoms in total. The number of benzene rings is 1. The molecular formula is C35H52O6. The van der Waals surface area contributed by atoms with Gasteiger partial charge < -0.3 is 24.4 Å². The summed E-state index contributed by atoms with van der Waals surface area (Å²) in [5, 5.41) is 19.5. The van der Waals surface area contributed by atoms with Gasteiger partial charge in [-0.15, -0.1) is 0 Å². The second-order valence-electron chi connectivity index (χ2n) is 13.8. The van der Waals surface area contributed by atoms with Gasteiger partial charge in [-0.1, -0.05) is 79.2 Å². The van der Waals surface area contributed by atoms with Crippen molar-refractivity contribution in [1.29, 1.82) is 0 Å². The molecule has 0 radical (unpaired) electrons. The first-order valence-electron chi connectivity index (χ1n) is 15.2. The Balaban J connectivity index is 1.50. The summed E-state index contributed by atoms with van der Waals surface area (Å²) in [6.07, 6.45) is 11.9. The molecule has 0 bridgehead atoms. The lowest BCUT2D eigenvalue weighted by Crippen LogP contribution is -2.44. The number of aliphatic hydroxyl groups excluding tert-OH is 2. The van der Waals surface area contributed by atoms with Crippen LogP contribution in [0.15, 0.2) is 54.3 Å². The second kappa shape index (κ2) is 14.1. The van der Waals surface area contributed by atoms with Crippen molar-refractivity contribution in [2.75, 3.05) is 19.8 Å². The molecular weight excluding hydrogens is 516 g/mol. The Morgan fingerprint density at radius 1 is 0.902 bits per heavy atom. The smallest absolute Gasteiger partial charge is 0.339 e. The standard InChI is InChI=1S/C35H52O6/c1-33(2,3)35(7,34(4,5)6)19-11-12-27(37)24-40-29-18-15-26-22-30(32(38)41-31(26)23-29)25-13-16-28(17-14-25)39-21-10-8-9-20-36/h13-18,22-23,26-27,31,36-37H,8-12,19-21,24H2,1-7H3. The summed E-state index contributed by atoms with van der Waals surface area (Å²) >= 11 is 0. The van der Waals surface area contributed by atoms with Gasteiger partial charge in [0.25, 0.3) is 0 Å². The van der Waals surface area contributed by atoms with Crippen LogP contribution in [0.2, 0.25) is 0 Å². The van der Waals surface area contributed by atoms with E-state index in [-0.39, 0.29) is 41.3 Å². The largest absolute Gasteiger partial charge is 0.494 e. The lowest BCUT2D eigenvalue weighted by atomic mass is 9.53. The molecule has 228 valence electrons. The predicted octanol–water partition coefficient (Wildman–Crippen LogP) is 7.25. The third kappa shape index (κ3) is 8.71. The summed E-state index contributed by atoms with van der Waals surface area (Å²) in [5.74, 6) is 0.928. The zero-order valence-corrected chi connectivity index (χ0v) is 26.2. The minimum absolute atomic E-state index is 0.0742. The molecule has 6 heteroatoms. The fourth-order valence-electron chi connectivity index (χ4n) is 5.82. The van der Waals surface area contributed by atoms with Crippen LogP contribution in [0.4, 0.5) is 0 Å². The number of unbranched alkanes of at least 4 members (excludes halogenated alkanes) is 2. The Kier molecular flexibility index (Phi) is 11.3. The molecule has 3 atom stereocenters. The molecule has 0 saturated carbocycles. The Labute approximate surface area is 247 Å². The molecule has 2 aliphatic rings. The molecule has 1 aliphatic carbocycles. The van der Waals surface area contributed by atoms with Crippen molar-refractivity contribution in [2.45, 2.75) is 99.2 Å². The summed E-state index contributed by atoms with van der Waals surface area (Å²) in [5.41, 5.74) is 1.78. The minimum atomic E-state index is -0.556. The highest BCUT2D eigenvalue weighted by atomic mass is 16.5. The third-order valence-electron chi connectivity index (χ3n) is 9.22. The Morgan fingerprint density at radius 3 is 2.22 bits per heavy atom. The summed E-state index contributed by atoms with van der Waals surface area (Å²) in [6, 6.07) is 7.48. The van der Waals surface area contributed by atoms with Crippen LogP contribution in [0.1, 0.15) is 92.6 Å². The van der Waals surface area contributed by atoms with Gasteiger partial charge in [0.1, 0.15) is 24.2 Å². The van der Waals surface area contributed by atoms with Crippen molar-refractivity contribution >= 4 is 11.5 Å². The van der Waals surface area contributed by atoms with Gasteiger partial charge in [-0.05, 0) is 78.2 Å². The number of fused-ring (bicyclic) bond motifs is 1. The van der Waals surface area contributed by atoms with Crippen LogP contribution in [0, 0.1) is 22.2 Å². The number of carbonyl (C=O) groups is 1. The van der Waals surface area contributed by atoms with Crippen LogP contribution in [0.3, 0.4) is 0 Å². The summed E-state index contributed by atoms with van der Waals surface area (Å²) in [4.78, 5) is 12.8. The molecule has 3 rings (SSSR count). The Morgan fingerprint density at radius 2 is 1.59 bits per heavy atom. The van der Waals surface area contributed by atoms with Gasteiger partial charge in [-0.25, -0.2) is 4.79 Å². The maximum Gasteiger partial charge on any atom is 0.339 e. The van der Waals surface area contributed by atoms with Gasteiger partial charge in [0.15, 0.2) is 0 Å². The molecule has 1 aromatic carbocycles. The number of carbonyl (C=O) groups excluding carboxylic acids is 1. The topological polar surface area (TPSA) is 85.2 Å². The minimum Gasteiger partial charge on any atom is -0.494 e. The molecule has 0 aromatic heterocycles. The van der Waals surface area contributed by atoms with E-state index in [2.05, 4.69) is 48.5 Å². The molecule has 3 unspecified atom stereocenters. The number of aliphatic hydroxyl groups is 2. The average Bonchev–Trinajstić information content (AvgIpc) is 2.90. The van der Waals surface area contributed by atoms with Crippen molar-refractivity contribution in [3.8, 4) is 5.75 Å². The van der Waals surface area contributed by atoms with Gasteiger partial charge >= 0.3 is 5.97 Å². The molecule has 0 saturated heterocycles. The van der Waals surface area contributed by atoms with Crippen LogP contribution < -0.4 is 4.74 Å². The summed E-state index contributed by atoms with van der Waals surface area (Å²) < 4.78 is 17.4. The molecule has 1 aliphatic heterocycles. The van der Waals surface area contributed by atoms with Gasteiger partial charge in [0.05, 0.1) is 18.3 Å². The van der Waals surface area contributed by atoms with Crippen molar-refractivity contribution in [3.63, 3.8) is 0 Å². The van der Waals surface area contributed by atoms with E-state index in [1.54, 1.807) is 0 Å². The zero-order valence-electron chi connectivity index (χ0n) is 26.2.